The van der Waals surface area contributed by atoms with Crippen LogP contribution in [-0.4, -0.2) is 35.4 Å². The quantitative estimate of drug-likeness (QED) is 0.371. The van der Waals surface area contributed by atoms with Gasteiger partial charge in [0, 0.05) is 12.1 Å². The lowest BCUT2D eigenvalue weighted by Gasteiger charge is -2.08. The van der Waals surface area contributed by atoms with E-state index in [9.17, 15) is 19.2 Å². The van der Waals surface area contributed by atoms with Crippen molar-refractivity contribution in [3.05, 3.63) is 92.7 Å². The zero-order valence-corrected chi connectivity index (χ0v) is 17.3. The Morgan fingerprint density at radius 2 is 1.15 bits per heavy atom. The molecule has 0 atom stereocenters. The summed E-state index contributed by atoms with van der Waals surface area (Å²) in [7, 11) is 0. The second-order valence-electron chi connectivity index (χ2n) is 6.91. The van der Waals surface area contributed by atoms with Gasteiger partial charge in [-0.2, -0.15) is 0 Å². The SMILES string of the molecule is O=C(O)c1cc(=O)c2c(OCC=CCOc3cccc4oc(C(=O)O)cc(=O)c34)cccc2o1. The van der Waals surface area contributed by atoms with Gasteiger partial charge in [-0.1, -0.05) is 12.1 Å². The lowest BCUT2D eigenvalue weighted by atomic mass is 10.2. The highest BCUT2D eigenvalue weighted by molar-refractivity contribution is 5.90. The topological polar surface area (TPSA) is 153 Å². The van der Waals surface area contributed by atoms with E-state index in [1.54, 1.807) is 36.4 Å². The first kappa shape index (κ1) is 22.3. The molecule has 0 aliphatic carbocycles. The van der Waals surface area contributed by atoms with Gasteiger partial charge in [0.15, 0.2) is 10.9 Å². The van der Waals surface area contributed by atoms with Crippen molar-refractivity contribution < 1.29 is 38.1 Å². The number of rotatable bonds is 8. The minimum Gasteiger partial charge on any atom is -0.489 e. The maximum atomic E-state index is 12.3. The molecule has 0 radical (unpaired) electrons. The molecular weight excluding hydrogens is 448 g/mol. The van der Waals surface area contributed by atoms with E-state index in [1.165, 1.54) is 12.1 Å². The van der Waals surface area contributed by atoms with E-state index in [2.05, 4.69) is 0 Å². The fourth-order valence-corrected chi connectivity index (χ4v) is 3.22. The number of hydrogen-bond acceptors (Lipinski definition) is 8. The highest BCUT2D eigenvalue weighted by atomic mass is 16.5. The van der Waals surface area contributed by atoms with Gasteiger partial charge in [0.25, 0.3) is 0 Å². The first-order valence-corrected chi connectivity index (χ1v) is 9.86. The summed E-state index contributed by atoms with van der Waals surface area (Å²) in [5, 5.41) is 18.3. The minimum atomic E-state index is -1.35. The van der Waals surface area contributed by atoms with Crippen molar-refractivity contribution in [3.8, 4) is 11.5 Å². The van der Waals surface area contributed by atoms with Crippen LogP contribution >= 0.6 is 0 Å². The summed E-state index contributed by atoms with van der Waals surface area (Å²) in [4.78, 5) is 46.7. The van der Waals surface area contributed by atoms with Crippen LogP contribution in [0.3, 0.4) is 0 Å². The van der Waals surface area contributed by atoms with E-state index in [1.807, 2.05) is 0 Å². The Bertz CT molecular complexity index is 1440. The number of fused-ring (bicyclic) bond motifs is 2. The van der Waals surface area contributed by atoms with Gasteiger partial charge in [0.1, 0.15) is 46.7 Å². The molecule has 2 aromatic heterocycles. The summed E-state index contributed by atoms with van der Waals surface area (Å²) in [5.74, 6) is -3.16. The number of carbonyl (C=O) groups is 2. The molecule has 0 fully saturated rings. The maximum Gasteiger partial charge on any atom is 0.371 e. The summed E-state index contributed by atoms with van der Waals surface area (Å²) in [6, 6.07) is 11.0. The van der Waals surface area contributed by atoms with Crippen molar-refractivity contribution in [1.82, 2.24) is 0 Å². The van der Waals surface area contributed by atoms with E-state index in [0.29, 0.717) is 0 Å². The van der Waals surface area contributed by atoms with Gasteiger partial charge >= 0.3 is 11.9 Å². The van der Waals surface area contributed by atoms with Crippen molar-refractivity contribution in [2.24, 2.45) is 0 Å². The Balaban J connectivity index is 1.44. The molecule has 2 heterocycles. The third-order valence-corrected chi connectivity index (χ3v) is 4.69. The first-order valence-electron chi connectivity index (χ1n) is 9.86. The molecule has 0 unspecified atom stereocenters. The number of ether oxygens (including phenoxy) is 2. The van der Waals surface area contributed by atoms with Crippen LogP contribution in [0.1, 0.15) is 21.1 Å². The summed E-state index contributed by atoms with van der Waals surface area (Å²) < 4.78 is 21.7. The molecule has 0 saturated carbocycles. The summed E-state index contributed by atoms with van der Waals surface area (Å²) in [5.41, 5.74) is -0.893. The van der Waals surface area contributed by atoms with E-state index in [-0.39, 0.29) is 46.7 Å². The molecule has 0 spiro atoms. The average molecular weight is 464 g/mol. The first-order chi connectivity index (χ1) is 16.3. The van der Waals surface area contributed by atoms with E-state index in [4.69, 9.17) is 28.5 Å². The Morgan fingerprint density at radius 1 is 0.735 bits per heavy atom. The third kappa shape index (κ3) is 4.51. The van der Waals surface area contributed by atoms with Gasteiger partial charge in [-0.05, 0) is 36.4 Å². The molecule has 0 bridgehead atoms. The Morgan fingerprint density at radius 3 is 1.53 bits per heavy atom. The van der Waals surface area contributed by atoms with Crippen molar-refractivity contribution in [3.63, 3.8) is 0 Å². The number of carboxylic acids is 2. The van der Waals surface area contributed by atoms with Crippen LogP contribution in [0.2, 0.25) is 0 Å². The Hall–Kier alpha value is -4.86. The summed E-state index contributed by atoms with van der Waals surface area (Å²) >= 11 is 0. The van der Waals surface area contributed by atoms with Crippen molar-refractivity contribution in [2.75, 3.05) is 13.2 Å². The lowest BCUT2D eigenvalue weighted by Crippen LogP contribution is -2.08. The van der Waals surface area contributed by atoms with Crippen LogP contribution in [0.15, 0.2) is 79.1 Å². The molecule has 4 rings (SSSR count). The van der Waals surface area contributed by atoms with Gasteiger partial charge < -0.3 is 28.5 Å². The number of benzene rings is 2. The highest BCUT2D eigenvalue weighted by Crippen LogP contribution is 2.24. The second kappa shape index (κ2) is 9.33. The molecule has 0 amide bonds. The smallest absolute Gasteiger partial charge is 0.371 e. The van der Waals surface area contributed by atoms with Gasteiger partial charge in [0.2, 0.25) is 11.5 Å². The fourth-order valence-electron chi connectivity index (χ4n) is 3.22. The molecule has 172 valence electrons. The maximum absolute atomic E-state index is 12.3. The molecular formula is C24H16O10. The van der Waals surface area contributed by atoms with Crippen LogP contribution in [0, 0.1) is 0 Å². The Labute approximate surface area is 189 Å². The minimum absolute atomic E-state index is 0.0717. The zero-order chi connectivity index (χ0) is 24.2. The lowest BCUT2D eigenvalue weighted by molar-refractivity contribution is 0.0653. The van der Waals surface area contributed by atoms with Crippen LogP contribution in [0.4, 0.5) is 0 Å². The predicted molar refractivity (Wildman–Crippen MR) is 119 cm³/mol. The van der Waals surface area contributed by atoms with Gasteiger partial charge in [-0.25, -0.2) is 9.59 Å². The number of carboxylic acid groups (broad SMARTS) is 2. The van der Waals surface area contributed by atoms with E-state index in [0.717, 1.165) is 12.1 Å². The van der Waals surface area contributed by atoms with Crippen LogP contribution < -0.4 is 20.3 Å². The zero-order valence-electron chi connectivity index (χ0n) is 17.3. The van der Waals surface area contributed by atoms with Gasteiger partial charge in [0.05, 0.1) is 0 Å². The molecule has 10 heteroatoms. The van der Waals surface area contributed by atoms with Crippen molar-refractivity contribution in [1.29, 1.82) is 0 Å². The molecule has 0 saturated heterocycles. The monoisotopic (exact) mass is 464 g/mol. The molecule has 0 aliphatic heterocycles. The van der Waals surface area contributed by atoms with Crippen molar-refractivity contribution in [2.45, 2.75) is 0 Å². The standard InChI is InChI=1S/C24H16O10/c25-13-11-19(23(27)28)33-17-7-3-5-15(21(13)17)31-9-1-2-10-32-16-6-4-8-18-22(16)14(26)12-20(34-18)24(29)30/h1-8,11-12H,9-10H2,(H,27,28)(H,29,30). The van der Waals surface area contributed by atoms with E-state index < -0.39 is 34.3 Å². The molecule has 4 aromatic rings. The second-order valence-corrected chi connectivity index (χ2v) is 6.91. The van der Waals surface area contributed by atoms with Crippen LogP contribution in [0.5, 0.6) is 11.5 Å². The fraction of sp³-hybridized carbons (Fsp3) is 0.0833. The Kier molecular flexibility index (Phi) is 6.13. The number of aromatic carboxylic acids is 2. The van der Waals surface area contributed by atoms with Crippen LogP contribution in [0.25, 0.3) is 21.9 Å². The van der Waals surface area contributed by atoms with Gasteiger partial charge in [-0.3, -0.25) is 9.59 Å². The molecule has 2 aromatic carbocycles. The molecule has 2 N–H and O–H groups in total. The molecule has 0 aliphatic rings. The third-order valence-electron chi connectivity index (χ3n) is 4.69. The highest BCUT2D eigenvalue weighted by Gasteiger charge is 2.15. The van der Waals surface area contributed by atoms with E-state index >= 15 is 0 Å². The normalized spacial score (nSPS) is 11.2. The molecule has 10 nitrogen and oxygen atoms in total. The predicted octanol–water partition coefficient (Wildman–Crippen LogP) is 3.31. The summed E-state index contributed by atoms with van der Waals surface area (Å²) in [6.07, 6.45) is 3.25. The van der Waals surface area contributed by atoms with Crippen molar-refractivity contribution >= 4 is 33.9 Å². The number of hydrogen-bond donors (Lipinski definition) is 2. The average Bonchev–Trinajstić information content (AvgIpc) is 2.80. The van der Waals surface area contributed by atoms with Crippen LogP contribution in [-0.2, 0) is 0 Å². The summed E-state index contributed by atoms with van der Waals surface area (Å²) in [6.45, 7) is 0.143. The molecule has 34 heavy (non-hydrogen) atoms. The van der Waals surface area contributed by atoms with Gasteiger partial charge in [-0.15, -0.1) is 0 Å². The largest absolute Gasteiger partial charge is 0.489 e.